The van der Waals surface area contributed by atoms with Crippen molar-refractivity contribution in [3.63, 3.8) is 0 Å². The van der Waals surface area contributed by atoms with E-state index in [1.54, 1.807) is 4.90 Å². The highest BCUT2D eigenvalue weighted by molar-refractivity contribution is 5.82. The number of rotatable bonds is 8. The van der Waals surface area contributed by atoms with Crippen molar-refractivity contribution in [2.45, 2.75) is 46.1 Å². The molecule has 0 bridgehead atoms. The third kappa shape index (κ3) is 6.59. The van der Waals surface area contributed by atoms with Crippen molar-refractivity contribution in [1.29, 1.82) is 0 Å². The van der Waals surface area contributed by atoms with Gasteiger partial charge in [0.15, 0.2) is 0 Å². The number of nitrogens with two attached hydrogens (primary N) is 1. The van der Waals surface area contributed by atoms with Crippen molar-refractivity contribution in [2.24, 2.45) is 11.7 Å². The van der Waals surface area contributed by atoms with E-state index in [4.69, 9.17) is 5.73 Å². The van der Waals surface area contributed by atoms with E-state index in [0.29, 0.717) is 25.4 Å². The standard InChI is InChI=1S/C13H26N2O3/c1-5-6-11(14)13(17)15(9-10(2)3)8-7-12(16)18-4/h10-11H,5-9,14H2,1-4H3/t11-/m0/s1. The monoisotopic (exact) mass is 258 g/mol. The first-order valence-electron chi connectivity index (χ1n) is 6.53. The molecule has 0 saturated heterocycles. The zero-order valence-corrected chi connectivity index (χ0v) is 11.9. The van der Waals surface area contributed by atoms with Gasteiger partial charge < -0.3 is 15.4 Å². The number of carbonyl (C=O) groups excluding carboxylic acids is 2. The molecule has 0 aromatic heterocycles. The maximum Gasteiger partial charge on any atom is 0.307 e. The molecule has 1 atom stereocenters. The van der Waals surface area contributed by atoms with Gasteiger partial charge in [-0.3, -0.25) is 9.59 Å². The summed E-state index contributed by atoms with van der Waals surface area (Å²) in [5.74, 6) is -0.0319. The van der Waals surface area contributed by atoms with E-state index < -0.39 is 6.04 Å². The molecule has 0 aliphatic heterocycles. The fourth-order valence-electron chi connectivity index (χ4n) is 1.73. The minimum atomic E-state index is -0.466. The molecule has 5 nitrogen and oxygen atoms in total. The number of nitrogens with zero attached hydrogens (tertiary/aromatic N) is 1. The second-order valence-corrected chi connectivity index (χ2v) is 4.90. The smallest absolute Gasteiger partial charge is 0.307 e. The van der Waals surface area contributed by atoms with E-state index in [2.05, 4.69) is 4.74 Å². The van der Waals surface area contributed by atoms with Crippen molar-refractivity contribution in [1.82, 2.24) is 4.90 Å². The van der Waals surface area contributed by atoms with Crippen molar-refractivity contribution in [3.05, 3.63) is 0 Å². The normalized spacial score (nSPS) is 12.3. The molecule has 0 aliphatic carbocycles. The van der Waals surface area contributed by atoms with Crippen LogP contribution in [0, 0.1) is 5.92 Å². The van der Waals surface area contributed by atoms with E-state index in [-0.39, 0.29) is 18.3 Å². The van der Waals surface area contributed by atoms with Crippen molar-refractivity contribution in [3.8, 4) is 0 Å². The Balaban J connectivity index is 4.46. The molecule has 0 aromatic carbocycles. The number of carbonyl (C=O) groups is 2. The molecule has 0 spiro atoms. The van der Waals surface area contributed by atoms with Gasteiger partial charge in [-0.1, -0.05) is 27.2 Å². The molecule has 2 N–H and O–H groups in total. The van der Waals surface area contributed by atoms with Crippen LogP contribution in [0.25, 0.3) is 0 Å². The summed E-state index contributed by atoms with van der Waals surface area (Å²) < 4.78 is 4.59. The average Bonchev–Trinajstić information content (AvgIpc) is 2.32. The summed E-state index contributed by atoms with van der Waals surface area (Å²) in [6, 6.07) is -0.466. The summed E-state index contributed by atoms with van der Waals surface area (Å²) in [6.45, 7) is 7.05. The molecule has 0 fully saturated rings. The minimum absolute atomic E-state index is 0.0746. The summed E-state index contributed by atoms with van der Waals surface area (Å²) in [6.07, 6.45) is 1.76. The summed E-state index contributed by atoms with van der Waals surface area (Å²) in [7, 11) is 1.35. The Morgan fingerprint density at radius 1 is 1.33 bits per heavy atom. The second-order valence-electron chi connectivity index (χ2n) is 4.90. The Labute approximate surface area is 110 Å². The van der Waals surface area contributed by atoms with Gasteiger partial charge in [-0.15, -0.1) is 0 Å². The quantitative estimate of drug-likeness (QED) is 0.663. The van der Waals surface area contributed by atoms with Crippen LogP contribution in [-0.2, 0) is 14.3 Å². The van der Waals surface area contributed by atoms with Crippen LogP contribution in [0.15, 0.2) is 0 Å². The number of amides is 1. The molecule has 0 unspecified atom stereocenters. The van der Waals surface area contributed by atoms with Gasteiger partial charge in [0.05, 0.1) is 19.6 Å². The molecule has 5 heteroatoms. The van der Waals surface area contributed by atoms with Crippen LogP contribution < -0.4 is 5.73 Å². The van der Waals surface area contributed by atoms with E-state index in [1.807, 2.05) is 20.8 Å². The van der Waals surface area contributed by atoms with Gasteiger partial charge in [-0.25, -0.2) is 0 Å². The van der Waals surface area contributed by atoms with Crippen LogP contribution in [0.1, 0.15) is 40.0 Å². The van der Waals surface area contributed by atoms with E-state index in [9.17, 15) is 9.59 Å². The molecule has 106 valence electrons. The van der Waals surface area contributed by atoms with Crippen LogP contribution in [-0.4, -0.2) is 43.0 Å². The van der Waals surface area contributed by atoms with E-state index in [0.717, 1.165) is 6.42 Å². The molecule has 0 radical (unpaired) electrons. The van der Waals surface area contributed by atoms with Crippen molar-refractivity contribution < 1.29 is 14.3 Å². The number of ether oxygens (including phenoxy) is 1. The fraction of sp³-hybridized carbons (Fsp3) is 0.846. The van der Waals surface area contributed by atoms with Gasteiger partial charge in [0, 0.05) is 13.1 Å². The maximum atomic E-state index is 12.1. The second kappa shape index (κ2) is 8.91. The minimum Gasteiger partial charge on any atom is -0.469 e. The Bertz CT molecular complexity index is 267. The molecule has 0 aromatic rings. The Morgan fingerprint density at radius 3 is 2.39 bits per heavy atom. The van der Waals surface area contributed by atoms with Crippen LogP contribution in [0.3, 0.4) is 0 Å². The van der Waals surface area contributed by atoms with E-state index >= 15 is 0 Å². The zero-order valence-electron chi connectivity index (χ0n) is 11.9. The number of methoxy groups -OCH3 is 1. The third-order valence-electron chi connectivity index (χ3n) is 2.63. The number of hydrogen-bond donors (Lipinski definition) is 1. The molecule has 18 heavy (non-hydrogen) atoms. The fourth-order valence-corrected chi connectivity index (χ4v) is 1.73. The first-order chi connectivity index (χ1) is 8.42. The van der Waals surface area contributed by atoms with Crippen LogP contribution in [0.5, 0.6) is 0 Å². The Kier molecular flexibility index (Phi) is 8.37. The lowest BCUT2D eigenvalue weighted by Gasteiger charge is -2.27. The lowest BCUT2D eigenvalue weighted by Crippen LogP contribution is -2.46. The highest BCUT2D eigenvalue weighted by Gasteiger charge is 2.21. The number of esters is 1. The van der Waals surface area contributed by atoms with Gasteiger partial charge in [0.2, 0.25) is 5.91 Å². The van der Waals surface area contributed by atoms with Gasteiger partial charge >= 0.3 is 5.97 Å². The molecule has 0 rings (SSSR count). The first kappa shape index (κ1) is 16.9. The molecule has 0 heterocycles. The average molecular weight is 258 g/mol. The largest absolute Gasteiger partial charge is 0.469 e. The molecular weight excluding hydrogens is 232 g/mol. The first-order valence-corrected chi connectivity index (χ1v) is 6.53. The SMILES string of the molecule is CCC[C@H](N)C(=O)N(CCC(=O)OC)CC(C)C. The zero-order chi connectivity index (χ0) is 14.1. The molecule has 0 aliphatic rings. The van der Waals surface area contributed by atoms with Crippen molar-refractivity contribution in [2.75, 3.05) is 20.2 Å². The maximum absolute atomic E-state index is 12.1. The van der Waals surface area contributed by atoms with Crippen LogP contribution in [0.2, 0.25) is 0 Å². The predicted molar refractivity (Wildman–Crippen MR) is 70.9 cm³/mol. The van der Waals surface area contributed by atoms with Gasteiger partial charge in [-0.2, -0.15) is 0 Å². The third-order valence-corrected chi connectivity index (χ3v) is 2.63. The Hall–Kier alpha value is -1.10. The summed E-state index contributed by atoms with van der Waals surface area (Å²) in [4.78, 5) is 24.9. The van der Waals surface area contributed by atoms with Gasteiger partial charge in [-0.05, 0) is 12.3 Å². The Morgan fingerprint density at radius 2 is 1.94 bits per heavy atom. The molecule has 1 amide bonds. The lowest BCUT2D eigenvalue weighted by molar-refractivity contribution is -0.142. The van der Waals surface area contributed by atoms with Crippen LogP contribution >= 0.6 is 0 Å². The lowest BCUT2D eigenvalue weighted by atomic mass is 10.1. The van der Waals surface area contributed by atoms with Crippen molar-refractivity contribution >= 4 is 11.9 Å². The molecular formula is C13H26N2O3. The summed E-state index contributed by atoms with van der Waals surface area (Å²) in [5, 5.41) is 0. The number of hydrogen-bond acceptors (Lipinski definition) is 4. The predicted octanol–water partition coefficient (Wildman–Crippen LogP) is 1.16. The molecule has 0 saturated carbocycles. The van der Waals surface area contributed by atoms with E-state index in [1.165, 1.54) is 7.11 Å². The topological polar surface area (TPSA) is 72.6 Å². The van der Waals surface area contributed by atoms with Gasteiger partial charge in [0.25, 0.3) is 0 Å². The summed E-state index contributed by atoms with van der Waals surface area (Å²) in [5.41, 5.74) is 5.84. The van der Waals surface area contributed by atoms with Gasteiger partial charge in [0.1, 0.15) is 0 Å². The highest BCUT2D eigenvalue weighted by atomic mass is 16.5. The summed E-state index contributed by atoms with van der Waals surface area (Å²) >= 11 is 0. The van der Waals surface area contributed by atoms with Crippen LogP contribution in [0.4, 0.5) is 0 Å². The highest BCUT2D eigenvalue weighted by Crippen LogP contribution is 2.06.